The van der Waals surface area contributed by atoms with Crippen molar-refractivity contribution in [3.05, 3.63) is 33.3 Å². The molecular weight excluding hydrogens is 284 g/mol. The average molecular weight is 304 g/mol. The first-order chi connectivity index (χ1) is 7.45. The van der Waals surface area contributed by atoms with Crippen LogP contribution in [0.3, 0.4) is 0 Å². The highest BCUT2D eigenvalue weighted by molar-refractivity contribution is 9.10. The Morgan fingerprint density at radius 1 is 1.12 bits per heavy atom. The monoisotopic (exact) mass is 302 g/mol. The molecule has 0 saturated heterocycles. The van der Waals surface area contributed by atoms with Gasteiger partial charge in [0, 0.05) is 10.4 Å². The Morgan fingerprint density at radius 3 is 2.19 bits per heavy atom. The number of halogens is 2. The highest BCUT2D eigenvalue weighted by Crippen LogP contribution is 2.30. The van der Waals surface area contributed by atoms with Gasteiger partial charge < -0.3 is 0 Å². The molecule has 0 N–H and O–H groups in total. The molecule has 0 bridgehead atoms. The van der Waals surface area contributed by atoms with E-state index in [-0.39, 0.29) is 0 Å². The molecule has 0 aliphatic rings. The molecule has 0 aliphatic carbocycles. The molecule has 1 aromatic rings. The maximum absolute atomic E-state index is 6.00. The quantitative estimate of drug-likeness (QED) is 0.643. The minimum absolute atomic E-state index is 0.546. The first kappa shape index (κ1) is 14.1. The molecule has 1 aromatic carbocycles. The van der Waals surface area contributed by atoms with Crippen LogP contribution in [-0.4, -0.2) is 0 Å². The summed E-state index contributed by atoms with van der Waals surface area (Å²) in [5.74, 6) is 1.81. The van der Waals surface area contributed by atoms with Crippen molar-refractivity contribution in [3.8, 4) is 0 Å². The molecule has 0 fully saturated rings. The van der Waals surface area contributed by atoms with Crippen LogP contribution in [-0.2, 0) is 12.3 Å². The van der Waals surface area contributed by atoms with E-state index in [1.165, 1.54) is 21.2 Å². The zero-order valence-electron chi connectivity index (χ0n) is 10.5. The Balaban J connectivity index is 3.17. The van der Waals surface area contributed by atoms with Crippen molar-refractivity contribution in [2.45, 2.75) is 45.9 Å². The van der Waals surface area contributed by atoms with Gasteiger partial charge in [0.1, 0.15) is 0 Å². The lowest BCUT2D eigenvalue weighted by Crippen LogP contribution is -2.01. The summed E-state index contributed by atoms with van der Waals surface area (Å²) in [6, 6.07) is 4.49. The number of benzene rings is 1. The Hall–Kier alpha value is -0.0100. The van der Waals surface area contributed by atoms with Gasteiger partial charge in [0.2, 0.25) is 0 Å². The second kappa shape index (κ2) is 6.07. The van der Waals surface area contributed by atoms with Crippen LogP contribution < -0.4 is 0 Å². The van der Waals surface area contributed by atoms with Gasteiger partial charge in [0.05, 0.1) is 0 Å². The standard InChI is InChI=1S/C14H20BrCl/c1-9(2)5-11-6-13(10(3)4)14(15)7-12(11)8-16/h6-7,9-10H,5,8H2,1-4H3. The van der Waals surface area contributed by atoms with Gasteiger partial charge in [-0.05, 0) is 41.0 Å². The number of hydrogen-bond acceptors (Lipinski definition) is 0. The molecule has 0 heterocycles. The van der Waals surface area contributed by atoms with Crippen molar-refractivity contribution in [3.63, 3.8) is 0 Å². The summed E-state index contributed by atoms with van der Waals surface area (Å²) in [5, 5.41) is 0. The van der Waals surface area contributed by atoms with Crippen LogP contribution in [0.4, 0.5) is 0 Å². The van der Waals surface area contributed by atoms with Gasteiger partial charge >= 0.3 is 0 Å². The van der Waals surface area contributed by atoms with E-state index in [0.29, 0.717) is 17.7 Å². The SMILES string of the molecule is CC(C)Cc1cc(C(C)C)c(Br)cc1CCl. The fourth-order valence-corrected chi connectivity index (χ4v) is 2.97. The summed E-state index contributed by atoms with van der Waals surface area (Å²) in [6.45, 7) is 8.93. The smallest absolute Gasteiger partial charge is 0.0477 e. The van der Waals surface area contributed by atoms with Crippen molar-refractivity contribution in [2.75, 3.05) is 0 Å². The molecule has 0 amide bonds. The second-order valence-corrected chi connectivity index (χ2v) is 6.15. The maximum Gasteiger partial charge on any atom is 0.0477 e. The van der Waals surface area contributed by atoms with Crippen molar-refractivity contribution >= 4 is 27.5 Å². The fourth-order valence-electron chi connectivity index (χ4n) is 1.88. The van der Waals surface area contributed by atoms with Crippen LogP contribution in [0, 0.1) is 5.92 Å². The first-order valence-electron chi connectivity index (χ1n) is 5.82. The molecule has 0 nitrogen and oxygen atoms in total. The lowest BCUT2D eigenvalue weighted by atomic mass is 9.93. The van der Waals surface area contributed by atoms with Crippen molar-refractivity contribution < 1.29 is 0 Å². The van der Waals surface area contributed by atoms with Crippen LogP contribution in [0.5, 0.6) is 0 Å². The van der Waals surface area contributed by atoms with E-state index in [2.05, 4.69) is 55.8 Å². The fraction of sp³-hybridized carbons (Fsp3) is 0.571. The van der Waals surface area contributed by atoms with E-state index in [9.17, 15) is 0 Å². The maximum atomic E-state index is 6.00. The van der Waals surface area contributed by atoms with Crippen LogP contribution >= 0.6 is 27.5 Å². The molecular formula is C14H20BrCl. The minimum atomic E-state index is 0.546. The molecule has 0 radical (unpaired) electrons. The molecule has 0 saturated carbocycles. The highest BCUT2D eigenvalue weighted by atomic mass is 79.9. The number of alkyl halides is 1. The molecule has 0 spiro atoms. The van der Waals surface area contributed by atoms with Gasteiger partial charge in [0.15, 0.2) is 0 Å². The normalized spacial score (nSPS) is 11.5. The predicted octanol–water partition coefficient (Wildman–Crippen LogP) is 5.51. The third kappa shape index (κ3) is 3.49. The summed E-state index contributed by atoms with van der Waals surface area (Å²) in [5.41, 5.74) is 4.04. The van der Waals surface area contributed by atoms with E-state index in [0.717, 1.165) is 6.42 Å². The summed E-state index contributed by atoms with van der Waals surface area (Å²) in [6.07, 6.45) is 1.11. The molecule has 16 heavy (non-hydrogen) atoms. The van der Waals surface area contributed by atoms with Crippen molar-refractivity contribution in [2.24, 2.45) is 5.92 Å². The van der Waals surface area contributed by atoms with Crippen LogP contribution in [0.1, 0.15) is 50.3 Å². The second-order valence-electron chi connectivity index (χ2n) is 5.03. The zero-order valence-corrected chi connectivity index (χ0v) is 12.8. The molecule has 90 valence electrons. The summed E-state index contributed by atoms with van der Waals surface area (Å²) >= 11 is 9.63. The third-order valence-electron chi connectivity index (χ3n) is 2.71. The van der Waals surface area contributed by atoms with E-state index in [4.69, 9.17) is 11.6 Å². The van der Waals surface area contributed by atoms with E-state index >= 15 is 0 Å². The van der Waals surface area contributed by atoms with Crippen molar-refractivity contribution in [1.29, 1.82) is 0 Å². The highest BCUT2D eigenvalue weighted by Gasteiger charge is 2.11. The van der Waals surface area contributed by atoms with E-state index in [1.807, 2.05) is 0 Å². The summed E-state index contributed by atoms with van der Waals surface area (Å²) in [4.78, 5) is 0. The largest absolute Gasteiger partial charge is 0.122 e. The van der Waals surface area contributed by atoms with Crippen LogP contribution in [0.2, 0.25) is 0 Å². The van der Waals surface area contributed by atoms with Gasteiger partial charge in [-0.3, -0.25) is 0 Å². The topological polar surface area (TPSA) is 0 Å². The summed E-state index contributed by atoms with van der Waals surface area (Å²) in [7, 11) is 0. The molecule has 0 aromatic heterocycles. The third-order valence-corrected chi connectivity index (χ3v) is 3.69. The number of hydrogen-bond donors (Lipinski definition) is 0. The molecule has 2 heteroatoms. The van der Waals surface area contributed by atoms with Crippen molar-refractivity contribution in [1.82, 2.24) is 0 Å². The Labute approximate surface area is 113 Å². The van der Waals surface area contributed by atoms with Gasteiger partial charge in [-0.15, -0.1) is 11.6 Å². The molecule has 1 rings (SSSR count). The molecule has 0 unspecified atom stereocenters. The Kier molecular flexibility index (Phi) is 5.33. The number of rotatable bonds is 4. The van der Waals surface area contributed by atoms with Gasteiger partial charge in [-0.2, -0.15) is 0 Å². The molecule has 0 atom stereocenters. The van der Waals surface area contributed by atoms with Gasteiger partial charge in [0.25, 0.3) is 0 Å². The van der Waals surface area contributed by atoms with E-state index < -0.39 is 0 Å². The summed E-state index contributed by atoms with van der Waals surface area (Å²) < 4.78 is 1.19. The van der Waals surface area contributed by atoms with Gasteiger partial charge in [-0.25, -0.2) is 0 Å². The lowest BCUT2D eigenvalue weighted by molar-refractivity contribution is 0.643. The predicted molar refractivity (Wildman–Crippen MR) is 76.3 cm³/mol. The first-order valence-corrected chi connectivity index (χ1v) is 7.15. The van der Waals surface area contributed by atoms with Crippen LogP contribution in [0.15, 0.2) is 16.6 Å². The Morgan fingerprint density at radius 2 is 1.75 bits per heavy atom. The zero-order chi connectivity index (χ0) is 12.3. The molecule has 0 aliphatic heterocycles. The Bertz CT molecular complexity index is 356. The lowest BCUT2D eigenvalue weighted by Gasteiger charge is -2.16. The van der Waals surface area contributed by atoms with Gasteiger partial charge in [-0.1, -0.05) is 49.7 Å². The van der Waals surface area contributed by atoms with Crippen LogP contribution in [0.25, 0.3) is 0 Å². The van der Waals surface area contributed by atoms with E-state index in [1.54, 1.807) is 0 Å². The average Bonchev–Trinajstić information content (AvgIpc) is 2.18. The minimum Gasteiger partial charge on any atom is -0.122 e.